The fourth-order valence-electron chi connectivity index (χ4n) is 5.23. The minimum Gasteiger partial charge on any atom is -0.452 e. The van der Waals surface area contributed by atoms with E-state index in [0.717, 1.165) is 25.7 Å². The fraction of sp³-hybridized carbons (Fsp3) is 0.812. The molecule has 6 nitrogen and oxygen atoms in total. The number of rotatable bonds is 4. The Hall–Kier alpha value is -1.61. The Morgan fingerprint density at radius 1 is 1.23 bits per heavy atom. The molecule has 0 aromatic rings. The van der Waals surface area contributed by atoms with Gasteiger partial charge in [0.2, 0.25) is 5.60 Å². The van der Waals surface area contributed by atoms with Crippen LogP contribution in [0, 0.1) is 34.5 Å². The molecule has 0 aliphatic heterocycles. The van der Waals surface area contributed by atoms with Gasteiger partial charge in [-0.15, -0.1) is 0 Å². The molecule has 0 aromatic heterocycles. The van der Waals surface area contributed by atoms with Crippen molar-refractivity contribution in [2.75, 3.05) is 13.2 Å². The van der Waals surface area contributed by atoms with Gasteiger partial charge in [-0.25, -0.2) is 9.59 Å². The Morgan fingerprint density at radius 3 is 2.36 bits per heavy atom. The van der Waals surface area contributed by atoms with Crippen LogP contribution in [0.2, 0.25) is 0 Å². The van der Waals surface area contributed by atoms with Crippen molar-refractivity contribution >= 4 is 11.9 Å². The van der Waals surface area contributed by atoms with Crippen LogP contribution in [0.25, 0.3) is 0 Å². The zero-order valence-corrected chi connectivity index (χ0v) is 12.7. The summed E-state index contributed by atoms with van der Waals surface area (Å²) in [6.45, 7) is 0.715. The molecule has 3 unspecified atom stereocenters. The van der Waals surface area contributed by atoms with Crippen LogP contribution >= 0.6 is 0 Å². The van der Waals surface area contributed by atoms with Crippen LogP contribution < -0.4 is 0 Å². The summed E-state index contributed by atoms with van der Waals surface area (Å²) >= 11 is 0. The average molecular weight is 307 g/mol. The Bertz CT molecular complexity index is 525. The Kier molecular flexibility index (Phi) is 3.64. The summed E-state index contributed by atoms with van der Waals surface area (Å²) in [6, 6.07) is 2.30. The lowest BCUT2D eigenvalue weighted by Gasteiger charge is -2.62. The van der Waals surface area contributed by atoms with Crippen LogP contribution in [0.1, 0.15) is 39.0 Å². The number of carbonyl (C=O) groups excluding carboxylic acids is 2. The summed E-state index contributed by atoms with van der Waals surface area (Å²) in [5.74, 6) is -0.243. The van der Waals surface area contributed by atoms with E-state index >= 15 is 0 Å². The number of nitrogens with zero attached hydrogens (tertiary/aromatic N) is 1. The minimum atomic E-state index is -1.11. The highest BCUT2D eigenvalue weighted by molar-refractivity contribution is 5.77. The molecule has 1 N–H and O–H groups in total. The lowest BCUT2D eigenvalue weighted by atomic mass is 9.44. The highest BCUT2D eigenvalue weighted by Gasteiger charge is 2.66. The zero-order valence-electron chi connectivity index (χ0n) is 12.7. The summed E-state index contributed by atoms with van der Waals surface area (Å²) in [7, 11) is 0. The lowest BCUT2D eigenvalue weighted by molar-refractivity contribution is -0.221. The smallest absolute Gasteiger partial charge is 0.345 e. The monoisotopic (exact) mass is 307 g/mol. The summed E-state index contributed by atoms with van der Waals surface area (Å²) in [5, 5.41) is 18.4. The van der Waals surface area contributed by atoms with Crippen LogP contribution in [-0.4, -0.2) is 35.9 Å². The molecule has 4 aliphatic carbocycles. The van der Waals surface area contributed by atoms with Gasteiger partial charge < -0.3 is 14.6 Å². The van der Waals surface area contributed by atoms with Gasteiger partial charge in [0, 0.05) is 11.3 Å². The maximum atomic E-state index is 12.0. The molecule has 0 aromatic carbocycles. The van der Waals surface area contributed by atoms with Gasteiger partial charge in [0.1, 0.15) is 12.7 Å². The Balaban J connectivity index is 1.76. The number of hydrogen-bond acceptors (Lipinski definition) is 6. The van der Waals surface area contributed by atoms with Crippen LogP contribution in [0.4, 0.5) is 0 Å². The molecular formula is C16H21NO5. The highest BCUT2D eigenvalue weighted by atomic mass is 16.6. The molecular weight excluding hydrogens is 286 g/mol. The predicted octanol–water partition coefficient (Wildman–Crippen LogP) is 1.17. The van der Waals surface area contributed by atoms with E-state index < -0.39 is 30.8 Å². The number of aliphatic hydroxyl groups excluding tert-OH is 1. The van der Waals surface area contributed by atoms with E-state index in [-0.39, 0.29) is 11.3 Å². The van der Waals surface area contributed by atoms with Crippen LogP contribution in [0.5, 0.6) is 0 Å². The van der Waals surface area contributed by atoms with Crippen molar-refractivity contribution in [1.29, 1.82) is 5.26 Å². The predicted molar refractivity (Wildman–Crippen MR) is 74.1 cm³/mol. The molecule has 3 atom stereocenters. The van der Waals surface area contributed by atoms with Gasteiger partial charge in [0.15, 0.2) is 6.61 Å². The van der Waals surface area contributed by atoms with E-state index in [2.05, 4.69) is 10.8 Å². The standard InChI is InChI=1S/C16H21NO5/c1-15-5-10-2-11(6-15)4-12(3-10)16(15,9-17)22-14(20)8-21-13(19)7-18/h10-12,18H,2-8H2,1H3. The molecule has 0 saturated heterocycles. The second-order valence-corrected chi connectivity index (χ2v) is 7.25. The summed E-state index contributed by atoms with van der Waals surface area (Å²) in [6.07, 6.45) is 4.93. The maximum Gasteiger partial charge on any atom is 0.345 e. The summed E-state index contributed by atoms with van der Waals surface area (Å²) in [5.41, 5.74) is -1.42. The van der Waals surface area contributed by atoms with Crippen LogP contribution in [-0.2, 0) is 19.1 Å². The molecule has 4 bridgehead atoms. The van der Waals surface area contributed by atoms with E-state index in [1.807, 2.05) is 6.92 Å². The van der Waals surface area contributed by atoms with Crippen LogP contribution in [0.15, 0.2) is 0 Å². The van der Waals surface area contributed by atoms with E-state index in [0.29, 0.717) is 11.8 Å². The molecule has 4 fully saturated rings. The molecule has 4 rings (SSSR count). The van der Waals surface area contributed by atoms with Crippen molar-refractivity contribution in [3.63, 3.8) is 0 Å². The quantitative estimate of drug-likeness (QED) is 0.783. The summed E-state index contributed by atoms with van der Waals surface area (Å²) in [4.78, 5) is 23.0. The van der Waals surface area contributed by atoms with E-state index in [1.165, 1.54) is 6.42 Å². The van der Waals surface area contributed by atoms with Crippen LogP contribution in [0.3, 0.4) is 0 Å². The van der Waals surface area contributed by atoms with Crippen molar-refractivity contribution in [3.05, 3.63) is 0 Å². The molecule has 6 heteroatoms. The fourth-order valence-corrected chi connectivity index (χ4v) is 5.23. The molecule has 4 aliphatic rings. The maximum absolute atomic E-state index is 12.0. The molecule has 22 heavy (non-hydrogen) atoms. The van der Waals surface area contributed by atoms with E-state index in [1.54, 1.807) is 0 Å². The first-order chi connectivity index (χ1) is 10.4. The van der Waals surface area contributed by atoms with Gasteiger partial charge in [-0.05, 0) is 43.9 Å². The van der Waals surface area contributed by atoms with E-state index in [4.69, 9.17) is 9.84 Å². The Labute approximate surface area is 129 Å². The van der Waals surface area contributed by atoms with Gasteiger partial charge in [0.05, 0.1) is 0 Å². The minimum absolute atomic E-state index is 0.0752. The molecule has 0 radical (unpaired) electrons. The second-order valence-electron chi connectivity index (χ2n) is 7.25. The molecule has 4 saturated carbocycles. The first-order valence-corrected chi connectivity index (χ1v) is 7.82. The van der Waals surface area contributed by atoms with Gasteiger partial charge in [-0.2, -0.15) is 5.26 Å². The van der Waals surface area contributed by atoms with E-state index in [9.17, 15) is 14.9 Å². The lowest BCUT2D eigenvalue weighted by Crippen LogP contribution is -2.64. The average Bonchev–Trinajstić information content (AvgIpc) is 2.47. The molecule has 120 valence electrons. The summed E-state index contributed by atoms with van der Waals surface area (Å²) < 4.78 is 10.2. The zero-order chi connectivity index (χ0) is 16.0. The topological polar surface area (TPSA) is 96.6 Å². The third-order valence-corrected chi connectivity index (χ3v) is 5.77. The van der Waals surface area contributed by atoms with Gasteiger partial charge >= 0.3 is 11.9 Å². The SMILES string of the molecule is CC12CC3CC(CC(C3)C1(C#N)OC(=O)COC(=O)CO)C2. The third kappa shape index (κ3) is 2.19. The van der Waals surface area contributed by atoms with Gasteiger partial charge in [-0.1, -0.05) is 6.92 Å². The number of nitriles is 1. The number of ether oxygens (including phenoxy) is 2. The largest absolute Gasteiger partial charge is 0.452 e. The number of aliphatic hydroxyl groups is 1. The first-order valence-electron chi connectivity index (χ1n) is 7.82. The van der Waals surface area contributed by atoms with Crippen molar-refractivity contribution in [2.45, 2.75) is 44.6 Å². The molecule has 0 amide bonds. The normalized spacial score (nSPS) is 41.8. The molecule has 0 spiro atoms. The number of hydrogen-bond donors (Lipinski definition) is 1. The van der Waals surface area contributed by atoms with Crippen molar-refractivity contribution < 1.29 is 24.2 Å². The van der Waals surface area contributed by atoms with Gasteiger partial charge in [-0.3, -0.25) is 0 Å². The van der Waals surface area contributed by atoms with Gasteiger partial charge in [0.25, 0.3) is 0 Å². The molecule has 0 heterocycles. The number of esters is 2. The third-order valence-electron chi connectivity index (χ3n) is 5.77. The van der Waals surface area contributed by atoms with Crippen molar-refractivity contribution in [1.82, 2.24) is 0 Å². The van der Waals surface area contributed by atoms with Crippen molar-refractivity contribution in [3.8, 4) is 6.07 Å². The number of carbonyl (C=O) groups is 2. The Morgan fingerprint density at radius 2 is 1.86 bits per heavy atom. The highest BCUT2D eigenvalue weighted by Crippen LogP contribution is 2.65. The second kappa shape index (κ2) is 5.24. The van der Waals surface area contributed by atoms with Crippen molar-refractivity contribution in [2.24, 2.45) is 23.2 Å². The first kappa shape index (κ1) is 15.3.